The Kier molecular flexibility index (Phi) is 8.57. The number of aromatic nitrogens is 1. The molecule has 142 valence electrons. The molecule has 0 aliphatic carbocycles. The third kappa shape index (κ3) is 6.27. The number of unbranched alkanes of at least 4 members (excludes halogenated alkanes) is 3. The molecule has 5 heteroatoms. The number of para-hydroxylation sites is 2. The maximum atomic E-state index is 5.98. The zero-order valence-electron chi connectivity index (χ0n) is 15.8. The van der Waals surface area contributed by atoms with Crippen molar-refractivity contribution in [1.29, 1.82) is 0 Å². The standard InChI is InChI=1S/C22H25NOSSe2/c1-3-4-5-9-16-20(27-17-12-7-6-8-13-17)21(26-2)25-22-23-18-14-10-11-15-19(18)24-22/h6-8,10-15H,3-5,9,16H2,1-2H3/b21-20-. The Hall–Kier alpha value is -0.961. The summed E-state index contributed by atoms with van der Waals surface area (Å²) in [4.78, 5) is 4.68. The molecule has 2 nitrogen and oxygen atoms in total. The monoisotopic (exact) mass is 511 g/mol. The van der Waals surface area contributed by atoms with Crippen molar-refractivity contribution in [3.05, 3.63) is 62.9 Å². The number of allylic oxidation sites excluding steroid dienone is 1. The van der Waals surface area contributed by atoms with Crippen molar-refractivity contribution in [3.63, 3.8) is 0 Å². The van der Waals surface area contributed by atoms with Crippen LogP contribution in [0.15, 0.2) is 72.5 Å². The summed E-state index contributed by atoms with van der Waals surface area (Å²) in [7, 11) is 0. The molecule has 27 heavy (non-hydrogen) atoms. The minimum absolute atomic E-state index is 0.375. The average molecular weight is 509 g/mol. The molecule has 1 heterocycles. The number of thioether (sulfide) groups is 1. The van der Waals surface area contributed by atoms with Gasteiger partial charge in [0.2, 0.25) is 0 Å². The summed E-state index contributed by atoms with van der Waals surface area (Å²) in [6, 6.07) is 18.9. The van der Waals surface area contributed by atoms with Crippen molar-refractivity contribution in [1.82, 2.24) is 4.98 Å². The van der Waals surface area contributed by atoms with Gasteiger partial charge < -0.3 is 0 Å². The molecule has 0 aliphatic rings. The van der Waals surface area contributed by atoms with Crippen LogP contribution in [0.4, 0.5) is 0 Å². The summed E-state index contributed by atoms with van der Waals surface area (Å²) in [6.45, 7) is 2.27. The van der Waals surface area contributed by atoms with Gasteiger partial charge in [0.15, 0.2) is 0 Å². The van der Waals surface area contributed by atoms with Crippen LogP contribution in [-0.2, 0) is 0 Å². The van der Waals surface area contributed by atoms with Crippen molar-refractivity contribution in [2.75, 3.05) is 0 Å². The molecule has 0 amide bonds. The van der Waals surface area contributed by atoms with Crippen molar-refractivity contribution in [3.8, 4) is 0 Å². The van der Waals surface area contributed by atoms with E-state index >= 15 is 0 Å². The molecule has 2 aromatic carbocycles. The molecule has 0 aliphatic heterocycles. The van der Waals surface area contributed by atoms with Crippen LogP contribution >= 0.6 is 11.8 Å². The predicted molar refractivity (Wildman–Crippen MR) is 119 cm³/mol. The van der Waals surface area contributed by atoms with E-state index in [0.717, 1.165) is 16.3 Å². The normalized spacial score (nSPS) is 12.4. The second kappa shape index (κ2) is 11.1. The molecule has 0 unspecified atom stereocenters. The van der Waals surface area contributed by atoms with Crippen LogP contribution < -0.4 is 4.46 Å². The van der Waals surface area contributed by atoms with Crippen LogP contribution in [0.5, 0.6) is 0 Å². The summed E-state index contributed by atoms with van der Waals surface area (Å²) in [5.41, 5.74) is 1.82. The van der Waals surface area contributed by atoms with Crippen molar-refractivity contribution >= 4 is 57.2 Å². The van der Waals surface area contributed by atoms with E-state index in [9.17, 15) is 0 Å². The second-order valence-corrected chi connectivity index (χ2v) is 11.9. The Labute approximate surface area is 178 Å². The Morgan fingerprint density at radius 3 is 2.52 bits per heavy atom. The Morgan fingerprint density at radius 1 is 1.00 bits per heavy atom. The quantitative estimate of drug-likeness (QED) is 0.195. The fourth-order valence-electron chi connectivity index (χ4n) is 2.72. The van der Waals surface area contributed by atoms with Gasteiger partial charge in [-0.2, -0.15) is 0 Å². The molecule has 0 spiro atoms. The van der Waals surface area contributed by atoms with Crippen molar-refractivity contribution in [2.24, 2.45) is 0 Å². The Balaban J connectivity index is 1.82. The fraction of sp³-hybridized carbons (Fsp3) is 0.318. The molecule has 3 rings (SSSR count). The van der Waals surface area contributed by atoms with E-state index in [4.69, 9.17) is 4.42 Å². The summed E-state index contributed by atoms with van der Waals surface area (Å²) in [5.74, 6) is 2.31. The fourth-order valence-corrected chi connectivity index (χ4v) is 8.87. The van der Waals surface area contributed by atoms with Gasteiger partial charge in [0.05, 0.1) is 0 Å². The van der Waals surface area contributed by atoms with Gasteiger partial charge in [0.1, 0.15) is 0 Å². The van der Waals surface area contributed by atoms with Crippen LogP contribution in [0.2, 0.25) is 5.82 Å². The first-order chi connectivity index (χ1) is 13.3. The first-order valence-electron chi connectivity index (χ1n) is 9.33. The van der Waals surface area contributed by atoms with E-state index in [2.05, 4.69) is 48.1 Å². The van der Waals surface area contributed by atoms with Crippen molar-refractivity contribution in [2.45, 2.75) is 50.1 Å². The first kappa shape index (κ1) is 20.8. The van der Waals surface area contributed by atoms with Crippen LogP contribution in [0.1, 0.15) is 39.0 Å². The molecule has 0 fully saturated rings. The molecule has 0 N–H and O–H groups in total. The van der Waals surface area contributed by atoms with E-state index in [0.29, 0.717) is 29.9 Å². The summed E-state index contributed by atoms with van der Waals surface area (Å²) in [6.07, 6.45) is 6.42. The molecule has 0 atom stereocenters. The van der Waals surface area contributed by atoms with E-state index in [-0.39, 0.29) is 0 Å². The molecule has 0 saturated carbocycles. The average Bonchev–Trinajstić information content (AvgIpc) is 3.12. The molecule has 1 aromatic heterocycles. The first-order valence-corrected chi connectivity index (χ1v) is 14.4. The van der Waals surface area contributed by atoms with Gasteiger partial charge in [0, 0.05) is 0 Å². The van der Waals surface area contributed by atoms with Crippen LogP contribution in [-0.4, -0.2) is 34.9 Å². The van der Waals surface area contributed by atoms with Gasteiger partial charge in [-0.05, 0) is 0 Å². The number of oxazole rings is 1. The van der Waals surface area contributed by atoms with E-state index < -0.39 is 0 Å². The molecule has 0 radical (unpaired) electrons. The van der Waals surface area contributed by atoms with E-state index in [1.54, 1.807) is 16.2 Å². The second-order valence-electron chi connectivity index (χ2n) is 6.19. The van der Waals surface area contributed by atoms with E-state index in [1.807, 2.05) is 24.3 Å². The molecule has 0 bridgehead atoms. The Morgan fingerprint density at radius 2 is 1.78 bits per heavy atom. The zero-order chi connectivity index (χ0) is 18.9. The predicted octanol–water partition coefficient (Wildman–Crippen LogP) is 5.84. The van der Waals surface area contributed by atoms with Crippen molar-refractivity contribution < 1.29 is 4.42 Å². The number of rotatable bonds is 10. The van der Waals surface area contributed by atoms with Gasteiger partial charge in [-0.3, -0.25) is 0 Å². The topological polar surface area (TPSA) is 26.0 Å². The molecular weight excluding hydrogens is 484 g/mol. The minimum atomic E-state index is 0.375. The zero-order valence-corrected chi connectivity index (χ0v) is 20.1. The summed E-state index contributed by atoms with van der Waals surface area (Å²) >= 11 is 2.56. The molecular formula is C22H25NOSSe2. The van der Waals surface area contributed by atoms with E-state index in [1.165, 1.54) is 40.4 Å². The third-order valence-electron chi connectivity index (χ3n) is 4.11. The molecule has 3 aromatic rings. The number of benzene rings is 2. The van der Waals surface area contributed by atoms with Crippen LogP contribution in [0.25, 0.3) is 11.1 Å². The van der Waals surface area contributed by atoms with Crippen LogP contribution in [0.3, 0.4) is 0 Å². The number of hydrogen-bond donors (Lipinski definition) is 0. The molecule has 0 saturated heterocycles. The maximum absolute atomic E-state index is 5.98. The van der Waals surface area contributed by atoms with Gasteiger partial charge >= 0.3 is 180 Å². The van der Waals surface area contributed by atoms with Crippen LogP contribution in [0, 0.1) is 0 Å². The summed E-state index contributed by atoms with van der Waals surface area (Å²) < 4.78 is 10.6. The van der Waals surface area contributed by atoms with Gasteiger partial charge in [-0.15, -0.1) is 0 Å². The summed E-state index contributed by atoms with van der Waals surface area (Å²) in [5, 5.41) is 0.782. The van der Waals surface area contributed by atoms with Gasteiger partial charge in [0.25, 0.3) is 0 Å². The Bertz CT molecular complexity index is 843. The third-order valence-corrected chi connectivity index (χ3v) is 11.0. The number of hydrogen-bond acceptors (Lipinski definition) is 3. The number of fused-ring (bicyclic) bond motifs is 1. The number of nitrogens with zero attached hydrogens (tertiary/aromatic N) is 1. The van der Waals surface area contributed by atoms with Gasteiger partial charge in [-0.25, -0.2) is 0 Å². The SMILES string of the molecule is CCCCCC/C([Se]c1ccccc1)=C(\Sc1nc2ccccc2o1)[Se]C. The van der Waals surface area contributed by atoms with Gasteiger partial charge in [-0.1, -0.05) is 0 Å².